The molecule has 3 unspecified atom stereocenters. The Bertz CT molecular complexity index is 283. The third-order valence-corrected chi connectivity index (χ3v) is 2.88. The minimum Gasteiger partial charge on any atom is -0.481 e. The number of amides is 1. The average Bonchev–Trinajstić information content (AvgIpc) is 2.63. The quantitative estimate of drug-likeness (QED) is 0.596. The summed E-state index contributed by atoms with van der Waals surface area (Å²) in [4.78, 5) is 22.1. The molecule has 98 valence electrons. The fourth-order valence-electron chi connectivity index (χ4n) is 1.82. The van der Waals surface area contributed by atoms with Gasteiger partial charge in [0.25, 0.3) is 0 Å². The van der Waals surface area contributed by atoms with Crippen molar-refractivity contribution in [1.29, 1.82) is 0 Å². The Hall–Kier alpha value is -1.14. The summed E-state index contributed by atoms with van der Waals surface area (Å²) in [5.41, 5.74) is 5.73. The van der Waals surface area contributed by atoms with Gasteiger partial charge in [-0.25, -0.2) is 0 Å². The van der Waals surface area contributed by atoms with Crippen molar-refractivity contribution in [1.82, 2.24) is 5.32 Å². The molecule has 6 nitrogen and oxygen atoms in total. The summed E-state index contributed by atoms with van der Waals surface area (Å²) in [6.07, 6.45) is 1.34. The molecule has 0 aromatic rings. The maximum atomic E-state index is 11.8. The number of carbonyl (C=O) groups is 2. The van der Waals surface area contributed by atoms with Crippen LogP contribution in [0.1, 0.15) is 26.2 Å². The van der Waals surface area contributed by atoms with Crippen LogP contribution in [0.5, 0.6) is 0 Å². The van der Waals surface area contributed by atoms with Crippen molar-refractivity contribution in [3.63, 3.8) is 0 Å². The molecule has 0 aliphatic carbocycles. The summed E-state index contributed by atoms with van der Waals surface area (Å²) in [6, 6.07) is -0.268. The van der Waals surface area contributed by atoms with Crippen LogP contribution in [0.2, 0.25) is 0 Å². The standard InChI is InChI=1S/C11H20N2O4/c1-7(3-2-4-10(14)15)13-11(16)8-5-17-6-9(8)12/h7-9H,2-6,12H2,1H3,(H,13,16)(H,14,15). The van der Waals surface area contributed by atoms with Gasteiger partial charge >= 0.3 is 5.97 Å². The lowest BCUT2D eigenvalue weighted by Gasteiger charge is -2.18. The molecule has 0 aromatic carbocycles. The van der Waals surface area contributed by atoms with Crippen molar-refractivity contribution < 1.29 is 19.4 Å². The Balaban J connectivity index is 2.23. The van der Waals surface area contributed by atoms with Crippen LogP contribution in [-0.4, -0.2) is 42.3 Å². The maximum absolute atomic E-state index is 11.8. The fourth-order valence-corrected chi connectivity index (χ4v) is 1.82. The van der Waals surface area contributed by atoms with Gasteiger partial charge in [-0.2, -0.15) is 0 Å². The zero-order valence-corrected chi connectivity index (χ0v) is 10.0. The first-order valence-corrected chi connectivity index (χ1v) is 5.86. The van der Waals surface area contributed by atoms with E-state index in [-0.39, 0.29) is 30.3 Å². The second-order valence-corrected chi connectivity index (χ2v) is 4.50. The number of rotatable bonds is 6. The van der Waals surface area contributed by atoms with Gasteiger partial charge in [0.05, 0.1) is 19.1 Å². The number of carboxylic acid groups (broad SMARTS) is 1. The molecule has 0 spiro atoms. The van der Waals surface area contributed by atoms with E-state index in [1.165, 1.54) is 0 Å². The van der Waals surface area contributed by atoms with Crippen molar-refractivity contribution >= 4 is 11.9 Å². The van der Waals surface area contributed by atoms with Crippen molar-refractivity contribution in [2.24, 2.45) is 11.7 Å². The Morgan fingerprint density at radius 1 is 1.53 bits per heavy atom. The van der Waals surface area contributed by atoms with E-state index in [1.807, 2.05) is 6.92 Å². The van der Waals surface area contributed by atoms with E-state index in [2.05, 4.69) is 5.32 Å². The second kappa shape index (κ2) is 6.56. The number of hydrogen-bond donors (Lipinski definition) is 3. The normalized spacial score (nSPS) is 25.5. The van der Waals surface area contributed by atoms with Gasteiger partial charge in [0, 0.05) is 18.5 Å². The highest BCUT2D eigenvalue weighted by molar-refractivity contribution is 5.80. The maximum Gasteiger partial charge on any atom is 0.303 e. The minimum atomic E-state index is -0.810. The van der Waals surface area contributed by atoms with Crippen LogP contribution in [0, 0.1) is 5.92 Å². The molecule has 1 saturated heterocycles. The van der Waals surface area contributed by atoms with Crippen LogP contribution in [0.3, 0.4) is 0 Å². The monoisotopic (exact) mass is 244 g/mol. The summed E-state index contributed by atoms with van der Waals surface area (Å²) < 4.78 is 5.12. The van der Waals surface area contributed by atoms with Gasteiger partial charge in [-0.3, -0.25) is 9.59 Å². The van der Waals surface area contributed by atoms with E-state index in [0.29, 0.717) is 26.1 Å². The smallest absolute Gasteiger partial charge is 0.303 e. The summed E-state index contributed by atoms with van der Waals surface area (Å²) in [5.74, 6) is -1.19. The molecule has 0 aromatic heterocycles. The Morgan fingerprint density at radius 2 is 2.24 bits per heavy atom. The lowest BCUT2D eigenvalue weighted by atomic mass is 10.0. The summed E-state index contributed by atoms with van der Waals surface area (Å²) >= 11 is 0. The molecule has 3 atom stereocenters. The Kier molecular flexibility index (Phi) is 5.37. The van der Waals surface area contributed by atoms with E-state index in [1.54, 1.807) is 0 Å². The number of aliphatic carboxylic acids is 1. The molecule has 0 bridgehead atoms. The molecular formula is C11H20N2O4. The van der Waals surface area contributed by atoms with E-state index >= 15 is 0 Å². The summed E-state index contributed by atoms with van der Waals surface area (Å²) in [5, 5.41) is 11.3. The topological polar surface area (TPSA) is 102 Å². The molecule has 17 heavy (non-hydrogen) atoms. The first-order valence-electron chi connectivity index (χ1n) is 5.86. The average molecular weight is 244 g/mol. The molecule has 1 amide bonds. The van der Waals surface area contributed by atoms with E-state index in [4.69, 9.17) is 15.6 Å². The fraction of sp³-hybridized carbons (Fsp3) is 0.818. The molecule has 0 saturated carbocycles. The summed E-state index contributed by atoms with van der Waals surface area (Å²) in [7, 11) is 0. The highest BCUT2D eigenvalue weighted by Crippen LogP contribution is 2.12. The lowest BCUT2D eigenvalue weighted by Crippen LogP contribution is -2.44. The lowest BCUT2D eigenvalue weighted by molar-refractivity contribution is -0.137. The Labute approximate surface area is 101 Å². The molecule has 1 fully saturated rings. The van der Waals surface area contributed by atoms with Crippen molar-refractivity contribution in [3.8, 4) is 0 Å². The van der Waals surface area contributed by atoms with Gasteiger partial charge in [-0.05, 0) is 19.8 Å². The predicted octanol–water partition coefficient (Wildman–Crippen LogP) is -0.280. The number of carbonyl (C=O) groups excluding carboxylic acids is 1. The first kappa shape index (κ1) is 13.9. The van der Waals surface area contributed by atoms with Gasteiger partial charge in [0.2, 0.25) is 5.91 Å². The SMILES string of the molecule is CC(CCCC(=O)O)NC(=O)C1COCC1N. The van der Waals surface area contributed by atoms with Crippen LogP contribution in [0.15, 0.2) is 0 Å². The second-order valence-electron chi connectivity index (χ2n) is 4.50. The molecule has 1 rings (SSSR count). The first-order chi connectivity index (χ1) is 8.00. The van der Waals surface area contributed by atoms with Gasteiger partial charge in [0.1, 0.15) is 0 Å². The minimum absolute atomic E-state index is 0.0327. The summed E-state index contributed by atoms with van der Waals surface area (Å²) in [6.45, 7) is 2.65. The number of ether oxygens (including phenoxy) is 1. The number of carboxylic acids is 1. The van der Waals surface area contributed by atoms with Gasteiger partial charge in [0.15, 0.2) is 0 Å². The zero-order valence-electron chi connectivity index (χ0n) is 10.0. The van der Waals surface area contributed by atoms with Crippen LogP contribution in [0.4, 0.5) is 0 Å². The highest BCUT2D eigenvalue weighted by atomic mass is 16.5. The van der Waals surface area contributed by atoms with Crippen molar-refractivity contribution in [3.05, 3.63) is 0 Å². The largest absolute Gasteiger partial charge is 0.481 e. The number of nitrogens with one attached hydrogen (secondary N) is 1. The third-order valence-electron chi connectivity index (χ3n) is 2.88. The molecule has 1 aliphatic heterocycles. The van der Waals surface area contributed by atoms with Gasteiger partial charge in [-0.15, -0.1) is 0 Å². The van der Waals surface area contributed by atoms with Crippen LogP contribution in [-0.2, 0) is 14.3 Å². The highest BCUT2D eigenvalue weighted by Gasteiger charge is 2.31. The molecule has 1 aliphatic rings. The number of nitrogens with two attached hydrogens (primary N) is 1. The molecule has 1 heterocycles. The van der Waals surface area contributed by atoms with E-state index in [0.717, 1.165) is 0 Å². The van der Waals surface area contributed by atoms with Crippen molar-refractivity contribution in [2.45, 2.75) is 38.3 Å². The molecule has 6 heteroatoms. The van der Waals surface area contributed by atoms with Crippen LogP contribution < -0.4 is 11.1 Å². The zero-order chi connectivity index (χ0) is 12.8. The third kappa shape index (κ3) is 4.70. The predicted molar refractivity (Wildman–Crippen MR) is 61.4 cm³/mol. The van der Waals surface area contributed by atoms with E-state index < -0.39 is 5.97 Å². The van der Waals surface area contributed by atoms with E-state index in [9.17, 15) is 9.59 Å². The molecule has 0 radical (unpaired) electrons. The van der Waals surface area contributed by atoms with Gasteiger partial charge in [-0.1, -0.05) is 0 Å². The van der Waals surface area contributed by atoms with Crippen LogP contribution in [0.25, 0.3) is 0 Å². The number of hydrogen-bond acceptors (Lipinski definition) is 4. The van der Waals surface area contributed by atoms with Crippen LogP contribution >= 0.6 is 0 Å². The Morgan fingerprint density at radius 3 is 2.76 bits per heavy atom. The van der Waals surface area contributed by atoms with Gasteiger partial charge < -0.3 is 20.9 Å². The molecule has 4 N–H and O–H groups in total. The van der Waals surface area contributed by atoms with Crippen molar-refractivity contribution in [2.75, 3.05) is 13.2 Å². The molecular weight excluding hydrogens is 224 g/mol.